The van der Waals surface area contributed by atoms with Crippen LogP contribution < -0.4 is 20.9 Å². The van der Waals surface area contributed by atoms with Crippen LogP contribution in [0.15, 0.2) is 47.4 Å². The highest BCUT2D eigenvalue weighted by molar-refractivity contribution is 7.99. The molecule has 0 amide bonds. The zero-order valence-electron chi connectivity index (χ0n) is 23.5. The Labute approximate surface area is 246 Å². The molecule has 0 bridgehead atoms. The number of carbonyl (C=O) groups is 2. The molecule has 11 nitrogen and oxygen atoms in total. The predicted octanol–water partition coefficient (Wildman–Crippen LogP) is 2.93. The van der Waals surface area contributed by atoms with Crippen LogP contribution in [0.1, 0.15) is 37.3 Å². The van der Waals surface area contributed by atoms with Crippen LogP contribution in [-0.2, 0) is 20.5 Å². The molecule has 0 aliphatic heterocycles. The molecule has 42 heavy (non-hydrogen) atoms. The van der Waals surface area contributed by atoms with Crippen LogP contribution in [0, 0.1) is 6.92 Å². The average molecular weight is 627 g/mol. The highest BCUT2D eigenvalue weighted by Crippen LogP contribution is 2.30. The van der Waals surface area contributed by atoms with Gasteiger partial charge < -0.3 is 46.8 Å². The molecule has 0 fully saturated rings. The largest absolute Gasteiger partial charge is 0.491 e. The first-order chi connectivity index (χ1) is 18.9. The van der Waals surface area contributed by atoms with Gasteiger partial charge >= 0.3 is 18.1 Å². The van der Waals surface area contributed by atoms with Gasteiger partial charge in [0.1, 0.15) is 30.3 Å². The monoisotopic (exact) mass is 626 g/mol. The van der Waals surface area contributed by atoms with E-state index in [1.807, 2.05) is 26.0 Å². The van der Waals surface area contributed by atoms with Crippen LogP contribution in [0.4, 0.5) is 13.2 Å². The number of halogens is 3. The Morgan fingerprint density at radius 2 is 1.67 bits per heavy atom. The lowest BCUT2D eigenvalue weighted by Gasteiger charge is -2.18. The van der Waals surface area contributed by atoms with Gasteiger partial charge in [0.2, 0.25) is 0 Å². The fourth-order valence-corrected chi connectivity index (χ4v) is 4.14. The maximum absolute atomic E-state index is 12.6. The van der Waals surface area contributed by atoms with Gasteiger partial charge in [-0.15, -0.1) is 11.8 Å². The SMILES string of the molecule is CCO[C@H](COc1ccc(C(F)(F)F)cc1)CSc1ccc(OCC(=O)O)c(C)c1.NCCCCC(N)C(=O)O.O.O. The highest BCUT2D eigenvalue weighted by atomic mass is 32.2. The van der Waals surface area contributed by atoms with Crippen molar-refractivity contribution in [3.05, 3.63) is 53.6 Å². The zero-order valence-corrected chi connectivity index (χ0v) is 24.3. The lowest BCUT2D eigenvalue weighted by molar-refractivity contribution is -0.140. The summed E-state index contributed by atoms with van der Waals surface area (Å²) in [6.07, 6.45) is -2.47. The van der Waals surface area contributed by atoms with E-state index in [-0.39, 0.29) is 23.7 Å². The van der Waals surface area contributed by atoms with Crippen molar-refractivity contribution in [2.24, 2.45) is 11.5 Å². The Balaban J connectivity index is 0. The second-order valence-electron chi connectivity index (χ2n) is 8.56. The molecule has 2 atom stereocenters. The number of rotatable bonds is 16. The van der Waals surface area contributed by atoms with Crippen molar-refractivity contribution in [3.63, 3.8) is 0 Å². The van der Waals surface area contributed by atoms with Crippen LogP contribution in [-0.4, -0.2) is 77.4 Å². The van der Waals surface area contributed by atoms with Gasteiger partial charge in [-0.05, 0) is 81.3 Å². The number of carboxylic acid groups (broad SMARTS) is 2. The van der Waals surface area contributed by atoms with Gasteiger partial charge in [0.15, 0.2) is 6.61 Å². The fraction of sp³-hybridized carbons (Fsp3) is 0.481. The molecular weight excluding hydrogens is 585 g/mol. The number of aliphatic carboxylic acids is 2. The molecule has 0 spiro atoms. The van der Waals surface area contributed by atoms with Crippen molar-refractivity contribution in [1.82, 2.24) is 0 Å². The van der Waals surface area contributed by atoms with E-state index in [9.17, 15) is 22.8 Å². The van der Waals surface area contributed by atoms with Gasteiger partial charge in [-0.2, -0.15) is 13.2 Å². The molecule has 0 radical (unpaired) electrons. The molecule has 0 saturated heterocycles. The fourth-order valence-electron chi connectivity index (χ4n) is 3.14. The smallest absolute Gasteiger partial charge is 0.416 e. The number of thioether (sulfide) groups is 1. The number of alkyl halides is 3. The third kappa shape index (κ3) is 17.0. The maximum Gasteiger partial charge on any atom is 0.416 e. The maximum atomic E-state index is 12.6. The second-order valence-corrected chi connectivity index (χ2v) is 9.65. The summed E-state index contributed by atoms with van der Waals surface area (Å²) >= 11 is 1.53. The Kier molecular flexibility index (Phi) is 21.1. The Bertz CT molecular complexity index is 1040. The summed E-state index contributed by atoms with van der Waals surface area (Å²) in [5, 5.41) is 17.0. The van der Waals surface area contributed by atoms with Gasteiger partial charge in [-0.25, -0.2) is 4.79 Å². The normalized spacial score (nSPS) is 12.0. The number of ether oxygens (including phenoxy) is 3. The highest BCUT2D eigenvalue weighted by Gasteiger charge is 2.30. The summed E-state index contributed by atoms with van der Waals surface area (Å²) in [5.41, 5.74) is 10.5. The number of carboxylic acids is 2. The van der Waals surface area contributed by atoms with Crippen molar-refractivity contribution in [1.29, 1.82) is 0 Å². The summed E-state index contributed by atoms with van der Waals surface area (Å²) in [6, 6.07) is 9.26. The molecule has 0 saturated carbocycles. The van der Waals surface area contributed by atoms with Crippen LogP contribution in [0.2, 0.25) is 0 Å². The van der Waals surface area contributed by atoms with E-state index < -0.39 is 36.3 Å². The van der Waals surface area contributed by atoms with Crippen molar-refractivity contribution in [2.45, 2.75) is 56.3 Å². The molecule has 2 aromatic rings. The summed E-state index contributed by atoms with van der Waals surface area (Å²) in [7, 11) is 0. The Hall–Kier alpha value is -3.08. The number of hydrogen-bond acceptors (Lipinski definition) is 8. The first kappa shape index (κ1) is 41.1. The van der Waals surface area contributed by atoms with Crippen LogP contribution in [0.25, 0.3) is 0 Å². The van der Waals surface area contributed by atoms with Crippen molar-refractivity contribution in [3.8, 4) is 11.5 Å². The third-order valence-corrected chi connectivity index (χ3v) is 6.37. The van der Waals surface area contributed by atoms with Crippen molar-refractivity contribution >= 4 is 23.7 Å². The topological polar surface area (TPSA) is 217 Å². The number of unbranched alkanes of at least 4 members (excludes halogenated alkanes) is 1. The van der Waals surface area contributed by atoms with Gasteiger partial charge in [-0.3, -0.25) is 4.79 Å². The quantitative estimate of drug-likeness (QED) is 0.158. The molecule has 0 aliphatic rings. The Morgan fingerprint density at radius 3 is 2.17 bits per heavy atom. The first-order valence-corrected chi connectivity index (χ1v) is 13.5. The van der Waals surface area contributed by atoms with Crippen molar-refractivity contribution in [2.75, 3.05) is 32.1 Å². The van der Waals surface area contributed by atoms with Gasteiger partial charge in [0.05, 0.1) is 5.56 Å². The summed E-state index contributed by atoms with van der Waals surface area (Å²) in [4.78, 5) is 21.7. The van der Waals surface area contributed by atoms with Crippen LogP contribution in [0.5, 0.6) is 11.5 Å². The summed E-state index contributed by atoms with van der Waals surface area (Å²) in [5.74, 6) is -0.553. The van der Waals surface area contributed by atoms with E-state index in [1.165, 1.54) is 23.9 Å². The molecule has 0 aliphatic carbocycles. The van der Waals surface area contributed by atoms with Gasteiger partial charge in [0.25, 0.3) is 0 Å². The second kappa shape index (κ2) is 21.6. The molecule has 0 aromatic heterocycles. The van der Waals surface area contributed by atoms with E-state index >= 15 is 0 Å². The molecule has 1 unspecified atom stereocenters. The van der Waals surface area contributed by atoms with E-state index in [0.29, 0.717) is 36.8 Å². The molecule has 2 aromatic carbocycles. The third-order valence-electron chi connectivity index (χ3n) is 5.24. The number of nitrogens with two attached hydrogens (primary N) is 2. The molecule has 10 N–H and O–H groups in total. The zero-order chi connectivity index (χ0) is 30.1. The lowest BCUT2D eigenvalue weighted by Crippen LogP contribution is -2.29. The number of aryl methyl sites for hydroxylation is 1. The molecule has 2 rings (SSSR count). The Morgan fingerprint density at radius 1 is 1.02 bits per heavy atom. The van der Waals surface area contributed by atoms with Crippen molar-refractivity contribution < 1.29 is 58.1 Å². The minimum atomic E-state index is -4.38. The van der Waals surface area contributed by atoms with Gasteiger partial charge in [0, 0.05) is 17.3 Å². The number of benzene rings is 2. The molecule has 15 heteroatoms. The minimum absolute atomic E-state index is 0. The lowest BCUT2D eigenvalue weighted by atomic mass is 10.1. The minimum Gasteiger partial charge on any atom is -0.491 e. The van der Waals surface area contributed by atoms with E-state index in [4.69, 9.17) is 35.9 Å². The van der Waals surface area contributed by atoms with Crippen LogP contribution >= 0.6 is 11.8 Å². The summed E-state index contributed by atoms with van der Waals surface area (Å²) < 4.78 is 54.4. The summed E-state index contributed by atoms with van der Waals surface area (Å²) in [6.45, 7) is 4.56. The molecule has 0 heterocycles. The average Bonchev–Trinajstić information content (AvgIpc) is 2.89. The predicted molar refractivity (Wildman–Crippen MR) is 153 cm³/mol. The van der Waals surface area contributed by atoms with E-state index in [1.54, 1.807) is 6.07 Å². The standard InChI is InChI=1S/C21H23F3O5S.C6H14N2O2.2H2O/c1-3-27-17(11-28-16-6-4-15(5-7-16)21(22,23)24)13-30-18-8-9-19(14(2)10-18)29-12-20(25)26;7-4-2-1-3-5(8)6(9)10;;/h4-10,17H,3,11-13H2,1-2H3,(H,25,26);5H,1-4,7-8H2,(H,9,10);2*1H2/t17-;;;/m1.../s1. The number of hydrogen-bond donors (Lipinski definition) is 4. The molecule has 240 valence electrons. The first-order valence-electron chi connectivity index (χ1n) is 12.6. The van der Waals surface area contributed by atoms with E-state index in [0.717, 1.165) is 35.4 Å². The van der Waals surface area contributed by atoms with Crippen LogP contribution in [0.3, 0.4) is 0 Å². The van der Waals surface area contributed by atoms with E-state index in [2.05, 4.69) is 0 Å². The van der Waals surface area contributed by atoms with Gasteiger partial charge in [-0.1, -0.05) is 6.42 Å². The molecular formula is C27H41F3N2O9S.